The van der Waals surface area contributed by atoms with Crippen LogP contribution in [0.4, 0.5) is 5.82 Å². The van der Waals surface area contributed by atoms with Crippen molar-refractivity contribution in [3.63, 3.8) is 0 Å². The third kappa shape index (κ3) is 3.66. The van der Waals surface area contributed by atoms with Gasteiger partial charge in [-0.2, -0.15) is 0 Å². The quantitative estimate of drug-likeness (QED) is 0.847. The van der Waals surface area contributed by atoms with E-state index in [1.807, 2.05) is 13.0 Å². The molecule has 1 aliphatic rings. The number of hydrogen-bond acceptors (Lipinski definition) is 4. The molecule has 2 rings (SSSR count). The summed E-state index contributed by atoms with van der Waals surface area (Å²) in [4.78, 5) is 10.9. The maximum absolute atomic E-state index is 4.33. The molecule has 17 heavy (non-hydrogen) atoms. The highest BCUT2D eigenvalue weighted by molar-refractivity contribution is 5.32. The maximum atomic E-state index is 4.33. The average Bonchev–Trinajstić information content (AvgIpc) is 2.82. The highest BCUT2D eigenvalue weighted by atomic mass is 15.2. The maximum Gasteiger partial charge on any atom is 0.129 e. The number of hydrogen-bond donors (Lipinski definition) is 1. The Hall–Kier alpha value is -1.16. The van der Waals surface area contributed by atoms with Gasteiger partial charge in [-0.3, -0.25) is 0 Å². The van der Waals surface area contributed by atoms with E-state index in [0.717, 1.165) is 30.8 Å². The van der Waals surface area contributed by atoms with Crippen molar-refractivity contribution in [3.8, 4) is 0 Å². The second-order valence-corrected chi connectivity index (χ2v) is 4.83. The van der Waals surface area contributed by atoms with Crippen molar-refractivity contribution in [3.05, 3.63) is 18.1 Å². The van der Waals surface area contributed by atoms with E-state index >= 15 is 0 Å². The highest BCUT2D eigenvalue weighted by Gasteiger charge is 2.18. The molecule has 0 spiro atoms. The number of nitrogens with zero attached hydrogens (tertiary/aromatic N) is 3. The smallest absolute Gasteiger partial charge is 0.129 e. The number of aryl methyl sites for hydroxylation is 1. The van der Waals surface area contributed by atoms with Crippen LogP contribution in [0, 0.1) is 6.92 Å². The standard InChI is InChI=1S/C13H22N4/c1-11-14-8-7-13(16-11)15-9-10-17(2)12-5-3-4-6-12/h7-8,12H,3-6,9-10H2,1-2H3,(H,14,15,16). The lowest BCUT2D eigenvalue weighted by molar-refractivity contribution is 0.254. The zero-order valence-electron chi connectivity index (χ0n) is 10.8. The molecule has 1 fully saturated rings. The zero-order valence-corrected chi connectivity index (χ0v) is 10.8. The van der Waals surface area contributed by atoms with Gasteiger partial charge in [-0.15, -0.1) is 0 Å². The molecular weight excluding hydrogens is 212 g/mol. The van der Waals surface area contributed by atoms with Crippen LogP contribution in [-0.2, 0) is 0 Å². The van der Waals surface area contributed by atoms with Gasteiger partial charge in [-0.1, -0.05) is 12.8 Å². The van der Waals surface area contributed by atoms with Crippen molar-refractivity contribution in [2.45, 2.75) is 38.6 Å². The summed E-state index contributed by atoms with van der Waals surface area (Å²) in [5.41, 5.74) is 0. The molecule has 0 saturated heterocycles. The minimum atomic E-state index is 0.795. The molecule has 0 amide bonds. The van der Waals surface area contributed by atoms with Crippen LogP contribution in [0.15, 0.2) is 12.3 Å². The van der Waals surface area contributed by atoms with Gasteiger partial charge in [0, 0.05) is 25.3 Å². The monoisotopic (exact) mass is 234 g/mol. The summed E-state index contributed by atoms with van der Waals surface area (Å²) >= 11 is 0. The Kier molecular flexibility index (Phi) is 4.31. The average molecular weight is 234 g/mol. The number of nitrogens with one attached hydrogen (secondary N) is 1. The van der Waals surface area contributed by atoms with Gasteiger partial charge in [0.25, 0.3) is 0 Å². The third-order valence-electron chi connectivity index (χ3n) is 3.49. The minimum Gasteiger partial charge on any atom is -0.369 e. The molecule has 1 aromatic heterocycles. The van der Waals surface area contributed by atoms with Crippen LogP contribution in [0.25, 0.3) is 0 Å². The molecule has 1 saturated carbocycles. The lowest BCUT2D eigenvalue weighted by Gasteiger charge is -2.24. The highest BCUT2D eigenvalue weighted by Crippen LogP contribution is 2.21. The first-order valence-electron chi connectivity index (χ1n) is 6.49. The molecule has 0 bridgehead atoms. The van der Waals surface area contributed by atoms with Gasteiger partial charge in [-0.25, -0.2) is 9.97 Å². The molecule has 0 atom stereocenters. The van der Waals surface area contributed by atoms with Crippen LogP contribution in [-0.4, -0.2) is 41.0 Å². The molecule has 1 N–H and O–H groups in total. The van der Waals surface area contributed by atoms with E-state index in [9.17, 15) is 0 Å². The summed E-state index contributed by atoms with van der Waals surface area (Å²) in [5.74, 6) is 1.75. The van der Waals surface area contributed by atoms with E-state index < -0.39 is 0 Å². The van der Waals surface area contributed by atoms with Crippen molar-refractivity contribution in [2.24, 2.45) is 0 Å². The fraction of sp³-hybridized carbons (Fsp3) is 0.692. The third-order valence-corrected chi connectivity index (χ3v) is 3.49. The van der Waals surface area contributed by atoms with E-state index in [4.69, 9.17) is 0 Å². The molecule has 0 radical (unpaired) electrons. The fourth-order valence-electron chi connectivity index (χ4n) is 2.44. The molecule has 94 valence electrons. The first-order valence-corrected chi connectivity index (χ1v) is 6.49. The summed E-state index contributed by atoms with van der Waals surface area (Å²) in [5, 5.41) is 3.35. The Morgan fingerprint density at radius 2 is 2.18 bits per heavy atom. The van der Waals surface area contributed by atoms with Crippen LogP contribution in [0.5, 0.6) is 0 Å². The Morgan fingerprint density at radius 1 is 1.41 bits per heavy atom. The van der Waals surface area contributed by atoms with Crippen molar-refractivity contribution in [2.75, 3.05) is 25.5 Å². The predicted octanol–water partition coefficient (Wildman–Crippen LogP) is 2.07. The first kappa shape index (κ1) is 12.3. The number of likely N-dealkylation sites (N-methyl/N-ethyl adjacent to an activating group) is 1. The molecule has 1 aliphatic carbocycles. The van der Waals surface area contributed by atoms with E-state index in [1.54, 1.807) is 6.20 Å². The van der Waals surface area contributed by atoms with Gasteiger partial charge in [0.1, 0.15) is 11.6 Å². The van der Waals surface area contributed by atoms with Crippen LogP contribution >= 0.6 is 0 Å². The van der Waals surface area contributed by atoms with Gasteiger partial charge in [0.2, 0.25) is 0 Å². The second-order valence-electron chi connectivity index (χ2n) is 4.83. The molecule has 0 aliphatic heterocycles. The molecule has 4 nitrogen and oxygen atoms in total. The molecular formula is C13H22N4. The van der Waals surface area contributed by atoms with Crippen molar-refractivity contribution in [1.82, 2.24) is 14.9 Å². The molecule has 1 aromatic rings. The zero-order chi connectivity index (χ0) is 12.1. The Morgan fingerprint density at radius 3 is 2.88 bits per heavy atom. The largest absolute Gasteiger partial charge is 0.369 e. The lowest BCUT2D eigenvalue weighted by Crippen LogP contribution is -2.33. The fourth-order valence-corrected chi connectivity index (χ4v) is 2.44. The Balaban J connectivity index is 1.71. The van der Waals surface area contributed by atoms with Crippen molar-refractivity contribution < 1.29 is 0 Å². The van der Waals surface area contributed by atoms with Crippen LogP contribution in [0.2, 0.25) is 0 Å². The van der Waals surface area contributed by atoms with Gasteiger partial charge in [0.05, 0.1) is 0 Å². The predicted molar refractivity (Wildman–Crippen MR) is 70.1 cm³/mol. The Labute approximate surface area is 103 Å². The number of anilines is 1. The van der Waals surface area contributed by atoms with Crippen LogP contribution in [0.3, 0.4) is 0 Å². The lowest BCUT2D eigenvalue weighted by atomic mass is 10.2. The SMILES string of the molecule is Cc1nccc(NCCN(C)C2CCCC2)n1. The number of rotatable bonds is 5. The van der Waals surface area contributed by atoms with E-state index in [0.29, 0.717) is 0 Å². The van der Waals surface area contributed by atoms with Crippen LogP contribution in [0.1, 0.15) is 31.5 Å². The van der Waals surface area contributed by atoms with Crippen LogP contribution < -0.4 is 5.32 Å². The summed E-state index contributed by atoms with van der Waals surface area (Å²) < 4.78 is 0. The van der Waals surface area contributed by atoms with Gasteiger partial charge in [-0.05, 0) is 32.9 Å². The minimum absolute atomic E-state index is 0.795. The normalized spacial score (nSPS) is 16.6. The topological polar surface area (TPSA) is 41.1 Å². The number of aromatic nitrogens is 2. The van der Waals surface area contributed by atoms with E-state index in [1.165, 1.54) is 25.7 Å². The van der Waals surface area contributed by atoms with Gasteiger partial charge < -0.3 is 10.2 Å². The van der Waals surface area contributed by atoms with Crippen molar-refractivity contribution >= 4 is 5.82 Å². The summed E-state index contributed by atoms with van der Waals surface area (Å²) in [6.45, 7) is 3.94. The van der Waals surface area contributed by atoms with Crippen molar-refractivity contribution in [1.29, 1.82) is 0 Å². The van der Waals surface area contributed by atoms with E-state index in [2.05, 4.69) is 27.2 Å². The first-order chi connectivity index (χ1) is 8.25. The molecule has 0 unspecified atom stereocenters. The van der Waals surface area contributed by atoms with Gasteiger partial charge in [0.15, 0.2) is 0 Å². The van der Waals surface area contributed by atoms with E-state index in [-0.39, 0.29) is 0 Å². The van der Waals surface area contributed by atoms with Gasteiger partial charge >= 0.3 is 0 Å². The molecule has 0 aromatic carbocycles. The Bertz CT molecular complexity index is 347. The second kappa shape index (κ2) is 5.96. The summed E-state index contributed by atoms with van der Waals surface area (Å²) in [6.07, 6.45) is 7.32. The summed E-state index contributed by atoms with van der Waals surface area (Å²) in [6, 6.07) is 2.71. The molecule has 4 heteroatoms. The summed E-state index contributed by atoms with van der Waals surface area (Å²) in [7, 11) is 2.23. The molecule has 1 heterocycles.